The van der Waals surface area contributed by atoms with Crippen molar-refractivity contribution >= 4 is 21.7 Å². The van der Waals surface area contributed by atoms with Crippen LogP contribution in [-0.4, -0.2) is 45.5 Å². The molecule has 0 radical (unpaired) electrons. The van der Waals surface area contributed by atoms with E-state index in [2.05, 4.69) is 5.32 Å². The molecule has 0 saturated carbocycles. The Morgan fingerprint density at radius 1 is 0.917 bits per heavy atom. The smallest absolute Gasteiger partial charge is 0.321 e. The number of rotatable bonds is 3. The van der Waals surface area contributed by atoms with Crippen LogP contribution in [0, 0.1) is 0 Å². The number of anilines is 1. The number of nitrogens with zero attached hydrogens (tertiary/aromatic N) is 2. The van der Waals surface area contributed by atoms with Gasteiger partial charge in [-0.25, -0.2) is 13.2 Å². The number of carbonyl (C=O) groups is 1. The zero-order chi connectivity index (χ0) is 17.0. The first-order valence-corrected chi connectivity index (χ1v) is 9.20. The quantitative estimate of drug-likeness (QED) is 0.922. The van der Waals surface area contributed by atoms with Gasteiger partial charge in [-0.15, -0.1) is 0 Å². The monoisotopic (exact) mass is 345 g/mol. The van der Waals surface area contributed by atoms with Crippen molar-refractivity contribution in [2.24, 2.45) is 0 Å². The number of carbonyl (C=O) groups excluding carboxylic acids is 1. The first-order chi connectivity index (χ1) is 11.6. The summed E-state index contributed by atoms with van der Waals surface area (Å²) in [5, 5.41) is 3.16. The Kier molecular flexibility index (Phi) is 4.82. The molecule has 1 heterocycles. The van der Waals surface area contributed by atoms with Gasteiger partial charge in [-0.2, -0.15) is 4.31 Å². The van der Waals surface area contributed by atoms with Crippen molar-refractivity contribution in [2.45, 2.75) is 4.90 Å². The van der Waals surface area contributed by atoms with Gasteiger partial charge < -0.3 is 10.2 Å². The third-order valence-electron chi connectivity index (χ3n) is 3.83. The van der Waals surface area contributed by atoms with E-state index in [1.807, 2.05) is 0 Å². The van der Waals surface area contributed by atoms with E-state index in [9.17, 15) is 13.2 Å². The zero-order valence-corrected chi connectivity index (χ0v) is 13.9. The molecule has 0 spiro atoms. The lowest BCUT2D eigenvalue weighted by molar-refractivity contribution is 0.200. The number of urea groups is 1. The van der Waals surface area contributed by atoms with Gasteiger partial charge in [0.05, 0.1) is 10.6 Å². The van der Waals surface area contributed by atoms with Crippen molar-refractivity contribution < 1.29 is 13.2 Å². The average Bonchev–Trinajstić information content (AvgIpc) is 2.64. The summed E-state index contributed by atoms with van der Waals surface area (Å²) in [6, 6.07) is 16.0. The number of hydrogen-bond donors (Lipinski definition) is 1. The summed E-state index contributed by atoms with van der Waals surface area (Å²) in [6.45, 7) is 2.26. The Hall–Kier alpha value is -2.38. The molecular weight excluding hydrogens is 326 g/mol. The summed E-state index contributed by atoms with van der Waals surface area (Å²) in [5.41, 5.74) is 0.338. The Morgan fingerprint density at radius 2 is 1.46 bits per heavy atom. The van der Waals surface area contributed by atoms with Crippen molar-refractivity contribution in [1.29, 1.82) is 0 Å². The lowest BCUT2D eigenvalue weighted by Crippen LogP contribution is -2.53. The highest BCUT2D eigenvalue weighted by Gasteiger charge is 2.34. The first kappa shape index (κ1) is 16.5. The van der Waals surface area contributed by atoms with Gasteiger partial charge in [0.1, 0.15) is 0 Å². The summed E-state index contributed by atoms with van der Waals surface area (Å²) in [4.78, 5) is 14.6. The minimum Gasteiger partial charge on any atom is -0.321 e. The molecule has 0 atom stereocenters. The maximum Gasteiger partial charge on any atom is 0.338 e. The van der Waals surface area contributed by atoms with Crippen molar-refractivity contribution in [3.63, 3.8) is 0 Å². The standard InChI is InChI=1S/C17H19N3O3S/c21-17(19-13-11-18-12-14-19)20(15-7-3-1-4-8-15)24(22,23)16-9-5-2-6-10-16/h1-10,18H,11-14H2. The molecule has 0 aromatic heterocycles. The molecule has 24 heavy (non-hydrogen) atoms. The van der Waals surface area contributed by atoms with Crippen LogP contribution in [0.4, 0.5) is 10.5 Å². The van der Waals surface area contributed by atoms with E-state index >= 15 is 0 Å². The lowest BCUT2D eigenvalue weighted by atomic mass is 10.3. The van der Waals surface area contributed by atoms with Crippen LogP contribution in [0.2, 0.25) is 0 Å². The molecule has 0 unspecified atom stereocenters. The highest BCUT2D eigenvalue weighted by atomic mass is 32.2. The third kappa shape index (κ3) is 3.27. The fourth-order valence-electron chi connectivity index (χ4n) is 2.60. The molecule has 2 aromatic carbocycles. The van der Waals surface area contributed by atoms with Crippen LogP contribution in [-0.2, 0) is 10.0 Å². The van der Waals surface area contributed by atoms with Gasteiger partial charge in [-0.1, -0.05) is 36.4 Å². The topological polar surface area (TPSA) is 69.7 Å². The largest absolute Gasteiger partial charge is 0.338 e. The molecule has 1 aliphatic rings. The SMILES string of the molecule is O=C(N1CCNCC1)N(c1ccccc1)S(=O)(=O)c1ccccc1. The van der Waals surface area contributed by atoms with E-state index < -0.39 is 16.1 Å². The van der Waals surface area contributed by atoms with Crippen LogP contribution in [0.5, 0.6) is 0 Å². The van der Waals surface area contributed by atoms with Gasteiger partial charge in [0.2, 0.25) is 0 Å². The first-order valence-electron chi connectivity index (χ1n) is 7.76. The van der Waals surface area contributed by atoms with E-state index in [-0.39, 0.29) is 4.90 Å². The molecule has 0 bridgehead atoms. The van der Waals surface area contributed by atoms with Crippen molar-refractivity contribution in [1.82, 2.24) is 10.2 Å². The summed E-state index contributed by atoms with van der Waals surface area (Å²) >= 11 is 0. The Morgan fingerprint density at radius 3 is 2.04 bits per heavy atom. The Labute approximate surface area is 141 Å². The van der Waals surface area contributed by atoms with Crippen molar-refractivity contribution in [3.8, 4) is 0 Å². The van der Waals surface area contributed by atoms with E-state index in [1.165, 1.54) is 12.1 Å². The molecule has 2 aromatic rings. The highest BCUT2D eigenvalue weighted by Crippen LogP contribution is 2.25. The van der Waals surface area contributed by atoms with Gasteiger partial charge >= 0.3 is 6.03 Å². The molecule has 1 fully saturated rings. The number of hydrogen-bond acceptors (Lipinski definition) is 4. The summed E-state index contributed by atoms with van der Waals surface area (Å²) in [5.74, 6) is 0. The molecule has 2 amide bonds. The van der Waals surface area contributed by atoms with E-state index in [0.29, 0.717) is 31.9 Å². The molecule has 3 rings (SSSR count). The molecule has 7 heteroatoms. The van der Waals surface area contributed by atoms with Gasteiger partial charge in [0.25, 0.3) is 10.0 Å². The molecule has 1 N–H and O–H groups in total. The number of piperazine rings is 1. The van der Waals surface area contributed by atoms with Gasteiger partial charge in [0, 0.05) is 26.2 Å². The summed E-state index contributed by atoms with van der Waals surface area (Å²) < 4.78 is 27.1. The third-order valence-corrected chi connectivity index (χ3v) is 5.55. The number of para-hydroxylation sites is 1. The molecule has 6 nitrogen and oxygen atoms in total. The van der Waals surface area contributed by atoms with Crippen LogP contribution in [0.1, 0.15) is 0 Å². The van der Waals surface area contributed by atoms with Crippen LogP contribution in [0.25, 0.3) is 0 Å². The Bertz CT molecular complexity index is 788. The maximum atomic E-state index is 13.1. The second-order valence-electron chi connectivity index (χ2n) is 5.44. The van der Waals surface area contributed by atoms with Crippen molar-refractivity contribution in [3.05, 3.63) is 60.7 Å². The predicted molar refractivity (Wildman–Crippen MR) is 92.4 cm³/mol. The van der Waals surface area contributed by atoms with Gasteiger partial charge in [0.15, 0.2) is 0 Å². The number of benzene rings is 2. The number of nitrogens with one attached hydrogen (secondary N) is 1. The van der Waals surface area contributed by atoms with Gasteiger partial charge in [-0.3, -0.25) is 0 Å². The second kappa shape index (κ2) is 7.02. The van der Waals surface area contributed by atoms with Crippen LogP contribution < -0.4 is 9.62 Å². The van der Waals surface area contributed by atoms with Crippen LogP contribution in [0.15, 0.2) is 65.6 Å². The zero-order valence-electron chi connectivity index (χ0n) is 13.1. The predicted octanol–water partition coefficient (Wildman–Crippen LogP) is 1.91. The lowest BCUT2D eigenvalue weighted by Gasteiger charge is -2.32. The second-order valence-corrected chi connectivity index (χ2v) is 7.22. The molecular formula is C17H19N3O3S. The number of sulfonamides is 1. The molecule has 126 valence electrons. The van der Waals surface area contributed by atoms with Crippen LogP contribution in [0.3, 0.4) is 0 Å². The van der Waals surface area contributed by atoms with Crippen LogP contribution >= 0.6 is 0 Å². The highest BCUT2D eigenvalue weighted by molar-refractivity contribution is 7.93. The fraction of sp³-hybridized carbons (Fsp3) is 0.235. The molecule has 0 aliphatic carbocycles. The van der Waals surface area contributed by atoms with Gasteiger partial charge in [-0.05, 0) is 24.3 Å². The molecule has 1 aliphatic heterocycles. The average molecular weight is 345 g/mol. The summed E-state index contributed by atoms with van der Waals surface area (Å²) in [7, 11) is -3.98. The Balaban J connectivity index is 2.04. The maximum absolute atomic E-state index is 13.1. The van der Waals surface area contributed by atoms with E-state index in [1.54, 1.807) is 53.4 Å². The minimum atomic E-state index is -3.98. The normalized spacial score (nSPS) is 15.1. The molecule has 1 saturated heterocycles. The van der Waals surface area contributed by atoms with Crippen molar-refractivity contribution in [2.75, 3.05) is 30.5 Å². The number of amides is 2. The van der Waals surface area contributed by atoms with E-state index in [0.717, 1.165) is 4.31 Å². The summed E-state index contributed by atoms with van der Waals surface area (Å²) in [6.07, 6.45) is 0. The fourth-order valence-corrected chi connectivity index (χ4v) is 4.03. The van der Waals surface area contributed by atoms with E-state index in [4.69, 9.17) is 0 Å². The minimum absolute atomic E-state index is 0.0948.